The van der Waals surface area contributed by atoms with Crippen LogP contribution in [0.1, 0.15) is 56.2 Å². The summed E-state index contributed by atoms with van der Waals surface area (Å²) >= 11 is 0. The molecular formula is C31H41N5O3. The predicted octanol–water partition coefficient (Wildman–Crippen LogP) is 4.39. The van der Waals surface area contributed by atoms with Crippen molar-refractivity contribution in [3.05, 3.63) is 71.1 Å². The van der Waals surface area contributed by atoms with E-state index in [1.165, 1.54) is 11.1 Å². The summed E-state index contributed by atoms with van der Waals surface area (Å²) in [6, 6.07) is 16.9. The van der Waals surface area contributed by atoms with Crippen molar-refractivity contribution < 1.29 is 14.1 Å². The maximum atomic E-state index is 12.9. The fourth-order valence-electron chi connectivity index (χ4n) is 5.29. The average molecular weight is 532 g/mol. The molecule has 5 rings (SSSR count). The first-order chi connectivity index (χ1) is 18.8. The van der Waals surface area contributed by atoms with Crippen LogP contribution in [-0.2, 0) is 34.6 Å². The number of nitrogens with zero attached hydrogens (tertiary/aromatic N) is 4. The zero-order valence-electron chi connectivity index (χ0n) is 23.5. The Labute approximate surface area is 231 Å². The van der Waals surface area contributed by atoms with E-state index in [1.807, 2.05) is 0 Å². The Hall–Kier alpha value is -3.07. The van der Waals surface area contributed by atoms with Gasteiger partial charge in [0.2, 0.25) is 17.6 Å². The third-order valence-corrected chi connectivity index (χ3v) is 7.76. The molecule has 3 heterocycles. The number of rotatable bonds is 8. The standard InChI is InChI=1S/C31H41N5O3/c1-31(2,3)27-9-7-25(8-10-27)29-33-28(39-34-29)22-35-13-11-26(12-14-35)30(37)32-20-23-5-4-6-24(19-23)21-36-15-17-38-18-16-36/h4-10,19,26H,11-18,20-22H2,1-3H3,(H,32,37). The second kappa shape index (κ2) is 12.4. The predicted molar refractivity (Wildman–Crippen MR) is 151 cm³/mol. The topological polar surface area (TPSA) is 83.7 Å². The molecule has 1 aromatic heterocycles. The van der Waals surface area contributed by atoms with Crippen LogP contribution >= 0.6 is 0 Å². The van der Waals surface area contributed by atoms with Crippen LogP contribution in [0.3, 0.4) is 0 Å². The normalized spacial score (nSPS) is 17.8. The third kappa shape index (κ3) is 7.53. The number of benzene rings is 2. The van der Waals surface area contributed by atoms with E-state index >= 15 is 0 Å². The van der Waals surface area contributed by atoms with Crippen LogP contribution in [0.25, 0.3) is 11.4 Å². The molecule has 0 unspecified atom stereocenters. The highest BCUT2D eigenvalue weighted by atomic mass is 16.5. The number of morpholine rings is 1. The minimum atomic E-state index is 0.0392. The molecule has 0 aliphatic carbocycles. The monoisotopic (exact) mass is 531 g/mol. The number of aromatic nitrogens is 2. The number of carbonyl (C=O) groups excluding carboxylic acids is 1. The Morgan fingerprint density at radius 1 is 0.949 bits per heavy atom. The summed E-state index contributed by atoms with van der Waals surface area (Å²) in [5.41, 5.74) is 4.77. The molecule has 3 aromatic rings. The second-order valence-corrected chi connectivity index (χ2v) is 11.8. The van der Waals surface area contributed by atoms with E-state index in [0.717, 1.165) is 69.9 Å². The highest BCUT2D eigenvalue weighted by Gasteiger charge is 2.26. The van der Waals surface area contributed by atoms with Crippen molar-refractivity contribution in [1.29, 1.82) is 0 Å². The summed E-state index contributed by atoms with van der Waals surface area (Å²) in [6.07, 6.45) is 1.66. The number of carbonyl (C=O) groups is 1. The number of hydrogen-bond acceptors (Lipinski definition) is 7. The fraction of sp³-hybridized carbons (Fsp3) is 0.516. The van der Waals surface area contributed by atoms with Gasteiger partial charge in [-0.05, 0) is 48.0 Å². The average Bonchev–Trinajstić information content (AvgIpc) is 3.41. The van der Waals surface area contributed by atoms with Crippen molar-refractivity contribution in [2.24, 2.45) is 5.92 Å². The molecule has 2 saturated heterocycles. The molecule has 0 atom stereocenters. The lowest BCUT2D eigenvalue weighted by atomic mass is 9.87. The van der Waals surface area contributed by atoms with Crippen LogP contribution in [0, 0.1) is 5.92 Å². The molecule has 0 saturated carbocycles. The molecule has 0 bridgehead atoms. The Kier molecular flexibility index (Phi) is 8.75. The summed E-state index contributed by atoms with van der Waals surface area (Å²) in [5.74, 6) is 1.42. The quantitative estimate of drug-likeness (QED) is 0.461. The van der Waals surface area contributed by atoms with Gasteiger partial charge < -0.3 is 14.6 Å². The van der Waals surface area contributed by atoms with E-state index in [9.17, 15) is 4.79 Å². The first-order valence-electron chi connectivity index (χ1n) is 14.1. The molecule has 1 N–H and O–H groups in total. The second-order valence-electron chi connectivity index (χ2n) is 11.8. The zero-order chi connectivity index (χ0) is 27.2. The third-order valence-electron chi connectivity index (χ3n) is 7.76. The van der Waals surface area contributed by atoms with Crippen molar-refractivity contribution in [3.63, 3.8) is 0 Å². The van der Waals surface area contributed by atoms with Gasteiger partial charge in [-0.15, -0.1) is 0 Å². The first-order valence-corrected chi connectivity index (χ1v) is 14.1. The largest absolute Gasteiger partial charge is 0.379 e. The van der Waals surface area contributed by atoms with Gasteiger partial charge in [0.25, 0.3) is 0 Å². The molecule has 208 valence electrons. The maximum Gasteiger partial charge on any atom is 0.241 e. The van der Waals surface area contributed by atoms with Crippen molar-refractivity contribution >= 4 is 5.91 Å². The summed E-state index contributed by atoms with van der Waals surface area (Å²) in [6.45, 7) is 13.9. The minimum Gasteiger partial charge on any atom is -0.379 e. The highest BCUT2D eigenvalue weighted by Crippen LogP contribution is 2.25. The molecule has 2 aromatic carbocycles. The van der Waals surface area contributed by atoms with Gasteiger partial charge in [-0.25, -0.2) is 0 Å². The molecule has 2 aliphatic rings. The lowest BCUT2D eigenvalue weighted by Gasteiger charge is -2.30. The molecule has 2 aliphatic heterocycles. The number of amides is 1. The summed E-state index contributed by atoms with van der Waals surface area (Å²) < 4.78 is 11.0. The Morgan fingerprint density at radius 3 is 2.36 bits per heavy atom. The summed E-state index contributed by atoms with van der Waals surface area (Å²) in [5, 5.41) is 7.36. The Balaban J connectivity index is 1.06. The van der Waals surface area contributed by atoms with E-state index in [2.05, 4.69) is 94.6 Å². The Bertz CT molecular complexity index is 1220. The zero-order valence-corrected chi connectivity index (χ0v) is 23.5. The van der Waals surface area contributed by atoms with E-state index in [1.54, 1.807) is 0 Å². The Morgan fingerprint density at radius 2 is 1.64 bits per heavy atom. The SMILES string of the molecule is CC(C)(C)c1ccc(-c2noc(CN3CCC(C(=O)NCc4cccc(CN5CCOCC5)c4)CC3)n2)cc1. The van der Waals surface area contributed by atoms with Gasteiger partial charge in [-0.1, -0.05) is 74.5 Å². The van der Waals surface area contributed by atoms with Gasteiger partial charge in [0.05, 0.1) is 19.8 Å². The molecule has 39 heavy (non-hydrogen) atoms. The molecule has 8 nitrogen and oxygen atoms in total. The van der Waals surface area contributed by atoms with Crippen LogP contribution in [0.15, 0.2) is 53.1 Å². The number of piperidine rings is 1. The molecule has 1 amide bonds. The molecule has 0 radical (unpaired) electrons. The van der Waals surface area contributed by atoms with E-state index in [4.69, 9.17) is 9.26 Å². The van der Waals surface area contributed by atoms with Gasteiger partial charge in [-0.2, -0.15) is 4.98 Å². The number of hydrogen-bond donors (Lipinski definition) is 1. The van der Waals surface area contributed by atoms with Crippen LogP contribution < -0.4 is 5.32 Å². The van der Waals surface area contributed by atoms with Crippen molar-refractivity contribution in [1.82, 2.24) is 25.3 Å². The maximum absolute atomic E-state index is 12.9. The van der Waals surface area contributed by atoms with Crippen LogP contribution in [0.4, 0.5) is 0 Å². The molecule has 0 spiro atoms. The number of nitrogens with one attached hydrogen (secondary N) is 1. The number of likely N-dealkylation sites (tertiary alicyclic amines) is 1. The van der Waals surface area contributed by atoms with Crippen molar-refractivity contribution in [2.45, 2.75) is 58.7 Å². The smallest absolute Gasteiger partial charge is 0.241 e. The van der Waals surface area contributed by atoms with Gasteiger partial charge in [0.1, 0.15) is 0 Å². The number of ether oxygens (including phenoxy) is 1. The van der Waals surface area contributed by atoms with Gasteiger partial charge in [0.15, 0.2) is 0 Å². The van der Waals surface area contributed by atoms with Gasteiger partial charge in [-0.3, -0.25) is 14.6 Å². The van der Waals surface area contributed by atoms with Crippen LogP contribution in [0.5, 0.6) is 0 Å². The van der Waals surface area contributed by atoms with E-state index < -0.39 is 0 Å². The van der Waals surface area contributed by atoms with Gasteiger partial charge >= 0.3 is 0 Å². The molecular weight excluding hydrogens is 490 g/mol. The minimum absolute atomic E-state index is 0.0392. The fourth-order valence-corrected chi connectivity index (χ4v) is 5.29. The van der Waals surface area contributed by atoms with Crippen LogP contribution in [0.2, 0.25) is 0 Å². The lowest BCUT2D eigenvalue weighted by Crippen LogP contribution is -2.40. The summed E-state index contributed by atoms with van der Waals surface area (Å²) in [4.78, 5) is 22.2. The highest BCUT2D eigenvalue weighted by molar-refractivity contribution is 5.78. The van der Waals surface area contributed by atoms with Crippen molar-refractivity contribution in [3.8, 4) is 11.4 Å². The molecule has 8 heteroatoms. The van der Waals surface area contributed by atoms with Gasteiger partial charge in [0, 0.05) is 37.7 Å². The van der Waals surface area contributed by atoms with Crippen LogP contribution in [-0.4, -0.2) is 65.2 Å². The lowest BCUT2D eigenvalue weighted by molar-refractivity contribution is -0.126. The first kappa shape index (κ1) is 27.5. The molecule has 2 fully saturated rings. The van der Waals surface area contributed by atoms with Crippen molar-refractivity contribution in [2.75, 3.05) is 39.4 Å². The van der Waals surface area contributed by atoms with E-state index in [0.29, 0.717) is 24.8 Å². The summed E-state index contributed by atoms with van der Waals surface area (Å²) in [7, 11) is 0. The van der Waals surface area contributed by atoms with E-state index in [-0.39, 0.29) is 17.2 Å².